The summed E-state index contributed by atoms with van der Waals surface area (Å²) in [7, 11) is 0. The summed E-state index contributed by atoms with van der Waals surface area (Å²) in [6, 6.07) is 3.62. The Morgan fingerprint density at radius 3 is 2.79 bits per heavy atom. The molecule has 0 radical (unpaired) electrons. The fraction of sp³-hybridized carbons (Fsp3) is 0.211. The molecule has 0 bridgehead atoms. The van der Waals surface area contributed by atoms with Crippen molar-refractivity contribution < 1.29 is 9.21 Å². The lowest BCUT2D eigenvalue weighted by Crippen LogP contribution is -2.12. The van der Waals surface area contributed by atoms with E-state index in [1.807, 2.05) is 13.0 Å². The lowest BCUT2D eigenvalue weighted by molar-refractivity contribution is 0.102. The minimum absolute atomic E-state index is 0.254. The Bertz CT molecular complexity index is 1200. The van der Waals surface area contributed by atoms with Gasteiger partial charge in [-0.3, -0.25) is 9.78 Å². The van der Waals surface area contributed by atoms with Crippen molar-refractivity contribution in [1.29, 1.82) is 0 Å². The summed E-state index contributed by atoms with van der Waals surface area (Å²) in [6.45, 7) is 1.84. The van der Waals surface area contributed by atoms with Gasteiger partial charge in [-0.05, 0) is 49.0 Å². The third-order valence-corrected chi connectivity index (χ3v) is 5.76. The highest BCUT2D eigenvalue weighted by Gasteiger charge is 2.29. The number of halogens is 1. The van der Waals surface area contributed by atoms with Crippen molar-refractivity contribution in [2.24, 2.45) is 0 Å². The van der Waals surface area contributed by atoms with Gasteiger partial charge in [0.25, 0.3) is 5.91 Å². The average molecular weight is 412 g/mol. The maximum atomic E-state index is 12.3. The second-order valence-corrected chi connectivity index (χ2v) is 7.91. The van der Waals surface area contributed by atoms with Crippen LogP contribution in [0.1, 0.15) is 39.9 Å². The van der Waals surface area contributed by atoms with Gasteiger partial charge in [0.2, 0.25) is 0 Å². The molecule has 28 heavy (non-hydrogen) atoms. The lowest BCUT2D eigenvalue weighted by atomic mass is 10.1. The molecule has 0 spiro atoms. The third-order valence-electron chi connectivity index (χ3n) is 4.54. The first-order valence-corrected chi connectivity index (χ1v) is 9.88. The molecule has 1 fully saturated rings. The zero-order valence-electron chi connectivity index (χ0n) is 14.8. The molecule has 4 aromatic rings. The molecular formula is C19H14ClN5O2S. The number of carbonyl (C=O) groups excluding carboxylic acids is 1. The van der Waals surface area contributed by atoms with Crippen LogP contribution in [0.3, 0.4) is 0 Å². The van der Waals surface area contributed by atoms with Crippen LogP contribution in [0, 0.1) is 6.92 Å². The molecule has 140 valence electrons. The van der Waals surface area contributed by atoms with Gasteiger partial charge in [-0.2, -0.15) is 0 Å². The number of rotatable bonds is 4. The van der Waals surface area contributed by atoms with Crippen LogP contribution in [-0.4, -0.2) is 25.2 Å². The van der Waals surface area contributed by atoms with Gasteiger partial charge in [-0.1, -0.05) is 11.6 Å². The van der Waals surface area contributed by atoms with Crippen molar-refractivity contribution in [2.75, 3.05) is 5.32 Å². The van der Waals surface area contributed by atoms with Crippen molar-refractivity contribution in [3.05, 3.63) is 52.1 Å². The predicted molar refractivity (Wildman–Crippen MR) is 107 cm³/mol. The number of aryl methyl sites for hydroxylation is 1. The first kappa shape index (κ1) is 17.3. The zero-order valence-corrected chi connectivity index (χ0v) is 16.3. The topological polar surface area (TPSA) is 93.8 Å². The van der Waals surface area contributed by atoms with E-state index in [2.05, 4.69) is 24.6 Å². The minimum atomic E-state index is -0.254. The van der Waals surface area contributed by atoms with E-state index >= 15 is 0 Å². The van der Waals surface area contributed by atoms with Crippen molar-refractivity contribution in [3.63, 3.8) is 0 Å². The van der Waals surface area contributed by atoms with E-state index in [1.165, 1.54) is 6.20 Å². The number of amides is 1. The van der Waals surface area contributed by atoms with Crippen LogP contribution >= 0.6 is 23.1 Å². The second kappa shape index (κ2) is 6.65. The van der Waals surface area contributed by atoms with Gasteiger partial charge in [0, 0.05) is 17.7 Å². The highest BCUT2D eigenvalue weighted by molar-refractivity contribution is 7.08. The van der Waals surface area contributed by atoms with E-state index in [0.717, 1.165) is 41.3 Å². The van der Waals surface area contributed by atoms with Gasteiger partial charge in [-0.15, -0.1) is 0 Å². The van der Waals surface area contributed by atoms with Gasteiger partial charge in [0.1, 0.15) is 10.4 Å². The standard InChI is InChI=1S/C19H14ClN5O2S/c1-9-6-23-28-17(9)18(26)25-16-8-21-14(7-22-16)11-4-15-13(5-12(11)20)24-19(27-15)10-2-3-10/h4-8,10H,2-3H2,1H3,(H,22,25,26). The average Bonchev–Trinajstić information content (AvgIpc) is 3.32. The number of anilines is 1. The molecule has 5 rings (SSSR count). The Balaban J connectivity index is 1.41. The van der Waals surface area contributed by atoms with E-state index in [0.29, 0.717) is 38.5 Å². The normalized spacial score (nSPS) is 13.8. The summed E-state index contributed by atoms with van der Waals surface area (Å²) in [6.07, 6.45) is 6.96. The molecular weight excluding hydrogens is 398 g/mol. The number of aromatic nitrogens is 4. The first-order valence-electron chi connectivity index (χ1n) is 8.73. The summed E-state index contributed by atoms with van der Waals surface area (Å²) < 4.78 is 9.86. The Morgan fingerprint density at radius 1 is 1.25 bits per heavy atom. The molecule has 7 nitrogen and oxygen atoms in total. The highest BCUT2D eigenvalue weighted by atomic mass is 35.5. The number of oxazole rings is 1. The largest absolute Gasteiger partial charge is 0.440 e. The minimum Gasteiger partial charge on any atom is -0.440 e. The number of nitrogens with zero attached hydrogens (tertiary/aromatic N) is 4. The molecule has 1 N–H and O–H groups in total. The number of benzene rings is 1. The highest BCUT2D eigenvalue weighted by Crippen LogP contribution is 2.41. The van der Waals surface area contributed by atoms with Crippen LogP contribution in [0.4, 0.5) is 5.82 Å². The fourth-order valence-corrected chi connectivity index (χ4v) is 3.78. The number of nitrogens with one attached hydrogen (secondary N) is 1. The van der Waals surface area contributed by atoms with Crippen LogP contribution in [0.5, 0.6) is 0 Å². The summed E-state index contributed by atoms with van der Waals surface area (Å²) >= 11 is 7.57. The molecule has 3 heterocycles. The number of hydrogen-bond donors (Lipinski definition) is 1. The van der Waals surface area contributed by atoms with Crippen LogP contribution in [0.15, 0.2) is 35.1 Å². The molecule has 0 aliphatic heterocycles. The summed E-state index contributed by atoms with van der Waals surface area (Å²) in [5.74, 6) is 1.30. The monoisotopic (exact) mass is 411 g/mol. The molecule has 3 aromatic heterocycles. The van der Waals surface area contributed by atoms with E-state index in [4.69, 9.17) is 16.0 Å². The molecule has 1 aromatic carbocycles. The van der Waals surface area contributed by atoms with E-state index in [1.54, 1.807) is 18.5 Å². The van der Waals surface area contributed by atoms with Crippen LogP contribution in [-0.2, 0) is 0 Å². The molecule has 1 aliphatic rings. The van der Waals surface area contributed by atoms with E-state index in [9.17, 15) is 4.79 Å². The van der Waals surface area contributed by atoms with Crippen LogP contribution < -0.4 is 5.32 Å². The maximum absolute atomic E-state index is 12.3. The van der Waals surface area contributed by atoms with Crippen molar-refractivity contribution in [2.45, 2.75) is 25.7 Å². The van der Waals surface area contributed by atoms with Crippen LogP contribution in [0.2, 0.25) is 5.02 Å². The molecule has 1 saturated carbocycles. The lowest BCUT2D eigenvalue weighted by Gasteiger charge is -2.06. The fourth-order valence-electron chi connectivity index (χ4n) is 2.88. The predicted octanol–water partition coefficient (Wildman–Crippen LogP) is 4.83. The number of fused-ring (bicyclic) bond motifs is 1. The van der Waals surface area contributed by atoms with Crippen molar-refractivity contribution in [3.8, 4) is 11.3 Å². The van der Waals surface area contributed by atoms with Crippen LogP contribution in [0.25, 0.3) is 22.4 Å². The van der Waals surface area contributed by atoms with E-state index in [-0.39, 0.29) is 5.91 Å². The molecule has 0 unspecified atom stereocenters. The Hall–Kier alpha value is -2.84. The number of carbonyl (C=O) groups is 1. The summed E-state index contributed by atoms with van der Waals surface area (Å²) in [5, 5.41) is 3.25. The smallest absolute Gasteiger partial charge is 0.268 e. The van der Waals surface area contributed by atoms with Gasteiger partial charge < -0.3 is 9.73 Å². The van der Waals surface area contributed by atoms with Gasteiger partial charge in [0.05, 0.1) is 23.1 Å². The Kier molecular flexibility index (Phi) is 4.10. The van der Waals surface area contributed by atoms with E-state index < -0.39 is 0 Å². The molecule has 1 amide bonds. The van der Waals surface area contributed by atoms with Gasteiger partial charge in [-0.25, -0.2) is 14.3 Å². The maximum Gasteiger partial charge on any atom is 0.268 e. The summed E-state index contributed by atoms with van der Waals surface area (Å²) in [5.41, 5.74) is 3.54. The van der Waals surface area contributed by atoms with Crippen molar-refractivity contribution >= 4 is 46.0 Å². The van der Waals surface area contributed by atoms with Gasteiger partial charge in [0.15, 0.2) is 17.3 Å². The molecule has 1 aliphatic carbocycles. The Morgan fingerprint density at radius 2 is 2.11 bits per heavy atom. The van der Waals surface area contributed by atoms with Gasteiger partial charge >= 0.3 is 0 Å². The second-order valence-electron chi connectivity index (χ2n) is 6.71. The molecule has 0 atom stereocenters. The quantitative estimate of drug-likeness (QED) is 0.516. The van der Waals surface area contributed by atoms with Crippen molar-refractivity contribution in [1.82, 2.24) is 19.3 Å². The molecule has 0 saturated heterocycles. The SMILES string of the molecule is Cc1cnsc1C(=O)Nc1cnc(-c2cc3oc(C4CC4)nc3cc2Cl)cn1. The number of hydrogen-bond acceptors (Lipinski definition) is 7. The first-order chi connectivity index (χ1) is 13.6. The third kappa shape index (κ3) is 3.14. The zero-order chi connectivity index (χ0) is 19.3. The molecule has 9 heteroatoms. The summed E-state index contributed by atoms with van der Waals surface area (Å²) in [4.78, 5) is 26.0. The Labute approximate surface area is 169 Å².